The summed E-state index contributed by atoms with van der Waals surface area (Å²) in [7, 11) is 0. The number of nitrogens with two attached hydrogens (primary N) is 2. The molecule has 3 aromatic rings. The summed E-state index contributed by atoms with van der Waals surface area (Å²) in [5, 5.41) is 7.16. The molecule has 48 heavy (non-hydrogen) atoms. The Morgan fingerprint density at radius 2 is 1.83 bits per heavy atom. The van der Waals surface area contributed by atoms with Crippen molar-refractivity contribution < 1.29 is 41.5 Å². The predicted octanol–water partition coefficient (Wildman–Crippen LogP) is 2.21. The van der Waals surface area contributed by atoms with Gasteiger partial charge in [0.2, 0.25) is 17.7 Å². The minimum atomic E-state index is -4.82. The molecule has 0 spiro atoms. The summed E-state index contributed by atoms with van der Waals surface area (Å²) in [5.41, 5.74) is 8.67. The van der Waals surface area contributed by atoms with Crippen molar-refractivity contribution in [2.45, 2.75) is 50.6 Å². The number of hydrogen-bond acceptors (Lipinski definition) is 8. The van der Waals surface area contributed by atoms with E-state index >= 15 is 0 Å². The van der Waals surface area contributed by atoms with Crippen LogP contribution in [0.15, 0.2) is 68.8 Å². The smallest absolute Gasteiger partial charge is 0.417 e. The Balaban J connectivity index is 1.41. The molecule has 17 heteroatoms. The van der Waals surface area contributed by atoms with Gasteiger partial charge in [0.05, 0.1) is 5.56 Å². The van der Waals surface area contributed by atoms with Gasteiger partial charge >= 0.3 is 17.9 Å². The largest absolute Gasteiger partial charge is 0.445 e. The first-order chi connectivity index (χ1) is 22.8. The van der Waals surface area contributed by atoms with Crippen LogP contribution in [0.2, 0.25) is 0 Å². The van der Waals surface area contributed by atoms with E-state index in [4.69, 9.17) is 20.6 Å². The molecular formula is C31H34F3N7O7. The highest BCUT2D eigenvalue weighted by atomic mass is 19.4. The Labute approximate surface area is 271 Å². The highest BCUT2D eigenvalue weighted by molar-refractivity contribution is 6.00. The van der Waals surface area contributed by atoms with Crippen molar-refractivity contribution in [1.29, 1.82) is 0 Å². The third-order valence-electron chi connectivity index (χ3n) is 7.37. The van der Waals surface area contributed by atoms with Crippen molar-refractivity contribution in [3.63, 3.8) is 0 Å². The maximum absolute atomic E-state index is 13.4. The Hall–Kier alpha value is -5.61. The number of amides is 4. The number of anilines is 1. The van der Waals surface area contributed by atoms with Crippen LogP contribution in [0.1, 0.15) is 36.8 Å². The van der Waals surface area contributed by atoms with Crippen LogP contribution in [0.3, 0.4) is 0 Å². The van der Waals surface area contributed by atoms with E-state index < -0.39 is 65.4 Å². The number of halogens is 3. The van der Waals surface area contributed by atoms with Crippen molar-refractivity contribution in [2.75, 3.05) is 25.0 Å². The van der Waals surface area contributed by atoms with Gasteiger partial charge in [0, 0.05) is 36.3 Å². The van der Waals surface area contributed by atoms with Gasteiger partial charge in [0.15, 0.2) is 5.96 Å². The standard InChI is InChI=1S/C31H34F3N7O7/c32-31(33,34)21-15-26(43)48-24-14-19(10-11-20(21)24)39-27(44)22(8-4-12-37-29(35)36)40-28(45)23-9-5-13-41(23)25(42)16-38-30(46)47-17-18-6-2-1-3-7-18/h1-3,6-7,10-11,14-15,22-23H,4-5,8-9,12-13,16-17H2,(H,38,46)(H,39,44)(H,40,45)(H4,35,36,37). The number of alkyl carbamates (subject to hydrolysis) is 1. The van der Waals surface area contributed by atoms with Crippen LogP contribution in [0, 0.1) is 0 Å². The lowest BCUT2D eigenvalue weighted by atomic mass is 10.1. The fourth-order valence-corrected chi connectivity index (χ4v) is 5.11. The van der Waals surface area contributed by atoms with Crippen LogP contribution < -0.4 is 33.0 Å². The van der Waals surface area contributed by atoms with Crippen LogP contribution in [0.5, 0.6) is 0 Å². The molecule has 1 saturated heterocycles. The SMILES string of the molecule is NC(N)=NCCCC(NC(=O)C1CCCN1C(=O)CNC(=O)OCc1ccccc1)C(=O)Nc1ccc2c(C(F)(F)F)cc(=O)oc2c1. The molecule has 0 bridgehead atoms. The number of ether oxygens (including phenoxy) is 1. The number of carbonyl (C=O) groups is 4. The Morgan fingerprint density at radius 3 is 2.54 bits per heavy atom. The summed E-state index contributed by atoms with van der Waals surface area (Å²) in [5.74, 6) is -2.07. The minimum Gasteiger partial charge on any atom is -0.445 e. The van der Waals surface area contributed by atoms with Crippen LogP contribution in [-0.2, 0) is 31.9 Å². The number of rotatable bonds is 12. The van der Waals surface area contributed by atoms with E-state index in [2.05, 4.69) is 20.9 Å². The Bertz CT molecular complexity index is 1730. The Morgan fingerprint density at radius 1 is 1.08 bits per heavy atom. The molecule has 2 unspecified atom stereocenters. The van der Waals surface area contributed by atoms with E-state index in [1.807, 2.05) is 6.07 Å². The Kier molecular flexibility index (Phi) is 11.6. The minimum absolute atomic E-state index is 0.00124. The van der Waals surface area contributed by atoms with Crippen molar-refractivity contribution in [2.24, 2.45) is 16.5 Å². The first kappa shape index (κ1) is 35.2. The van der Waals surface area contributed by atoms with E-state index in [1.54, 1.807) is 24.3 Å². The van der Waals surface area contributed by atoms with Gasteiger partial charge in [-0.2, -0.15) is 13.2 Å². The zero-order valence-corrected chi connectivity index (χ0v) is 25.5. The second kappa shape index (κ2) is 15.8. The monoisotopic (exact) mass is 673 g/mol. The number of likely N-dealkylation sites (tertiary alicyclic amines) is 1. The summed E-state index contributed by atoms with van der Waals surface area (Å²) >= 11 is 0. The van der Waals surface area contributed by atoms with E-state index in [1.165, 1.54) is 11.0 Å². The molecule has 7 N–H and O–H groups in total. The van der Waals surface area contributed by atoms with Gasteiger partial charge in [-0.1, -0.05) is 30.3 Å². The van der Waals surface area contributed by atoms with Gasteiger partial charge in [-0.3, -0.25) is 19.4 Å². The maximum Gasteiger partial charge on any atom is 0.417 e. The molecule has 2 atom stereocenters. The van der Waals surface area contributed by atoms with Gasteiger partial charge in [0.25, 0.3) is 0 Å². The van der Waals surface area contributed by atoms with Crippen molar-refractivity contribution >= 4 is 46.4 Å². The molecule has 1 aliphatic heterocycles. The third kappa shape index (κ3) is 9.70. The topological polar surface area (TPSA) is 211 Å². The second-order valence-electron chi connectivity index (χ2n) is 10.8. The summed E-state index contributed by atoms with van der Waals surface area (Å²) in [6.45, 7) is -0.0525. The summed E-state index contributed by atoms with van der Waals surface area (Å²) in [4.78, 5) is 68.7. The van der Waals surface area contributed by atoms with Gasteiger partial charge in [0.1, 0.15) is 30.8 Å². The number of carbonyl (C=O) groups excluding carboxylic acids is 4. The second-order valence-corrected chi connectivity index (χ2v) is 10.8. The van der Waals surface area contributed by atoms with Crippen LogP contribution in [-0.4, -0.2) is 66.4 Å². The molecule has 0 radical (unpaired) electrons. The molecule has 0 aliphatic carbocycles. The lowest BCUT2D eigenvalue weighted by Gasteiger charge is -2.26. The van der Waals surface area contributed by atoms with Crippen LogP contribution >= 0.6 is 0 Å². The predicted molar refractivity (Wildman–Crippen MR) is 167 cm³/mol. The van der Waals surface area contributed by atoms with Crippen molar-refractivity contribution in [3.05, 3.63) is 76.1 Å². The maximum atomic E-state index is 13.4. The lowest BCUT2D eigenvalue weighted by molar-refractivity contribution is -0.138. The molecular weight excluding hydrogens is 639 g/mol. The van der Waals surface area contributed by atoms with Gasteiger partial charge in [-0.25, -0.2) is 9.59 Å². The number of benzene rings is 2. The zero-order chi connectivity index (χ0) is 34.8. The number of nitrogens with one attached hydrogen (secondary N) is 3. The molecule has 256 valence electrons. The third-order valence-corrected chi connectivity index (χ3v) is 7.37. The van der Waals surface area contributed by atoms with Crippen LogP contribution in [0.4, 0.5) is 23.7 Å². The fraction of sp³-hybridized carbons (Fsp3) is 0.355. The quantitative estimate of drug-likeness (QED) is 0.0824. The molecule has 14 nitrogen and oxygen atoms in total. The number of alkyl halides is 3. The number of aliphatic imine (C=N–C) groups is 1. The number of guanidine groups is 1. The van der Waals surface area contributed by atoms with Gasteiger partial charge in [-0.15, -0.1) is 0 Å². The van der Waals surface area contributed by atoms with E-state index in [-0.39, 0.29) is 49.6 Å². The van der Waals surface area contributed by atoms with E-state index in [0.717, 1.165) is 17.7 Å². The highest BCUT2D eigenvalue weighted by Crippen LogP contribution is 2.34. The summed E-state index contributed by atoms with van der Waals surface area (Å²) in [6, 6.07) is 10.5. The molecule has 4 rings (SSSR count). The van der Waals surface area contributed by atoms with E-state index in [0.29, 0.717) is 18.9 Å². The molecule has 4 amide bonds. The van der Waals surface area contributed by atoms with Crippen molar-refractivity contribution in [3.8, 4) is 0 Å². The summed E-state index contributed by atoms with van der Waals surface area (Å²) < 4.78 is 50.4. The molecule has 2 aromatic carbocycles. The fourth-order valence-electron chi connectivity index (χ4n) is 5.11. The number of hydrogen-bond donors (Lipinski definition) is 5. The molecule has 1 aliphatic rings. The van der Waals surface area contributed by atoms with E-state index in [9.17, 15) is 37.1 Å². The van der Waals surface area contributed by atoms with Gasteiger partial charge < -0.3 is 41.5 Å². The molecule has 2 heterocycles. The lowest BCUT2D eigenvalue weighted by Crippen LogP contribution is -2.53. The average Bonchev–Trinajstić information content (AvgIpc) is 3.54. The molecule has 1 aromatic heterocycles. The molecule has 0 saturated carbocycles. The molecule has 1 fully saturated rings. The van der Waals surface area contributed by atoms with Gasteiger partial charge in [-0.05, 0) is 43.4 Å². The first-order valence-electron chi connectivity index (χ1n) is 14.9. The number of nitrogens with zero attached hydrogens (tertiary/aromatic N) is 2. The normalized spacial score (nSPS) is 15.0. The summed E-state index contributed by atoms with van der Waals surface area (Å²) in [6.07, 6.45) is -4.55. The van der Waals surface area contributed by atoms with Crippen LogP contribution in [0.25, 0.3) is 11.0 Å². The zero-order valence-electron chi connectivity index (χ0n) is 25.5. The highest BCUT2D eigenvalue weighted by Gasteiger charge is 2.36. The first-order valence-corrected chi connectivity index (χ1v) is 14.9. The number of fused-ring (bicyclic) bond motifs is 1. The average molecular weight is 674 g/mol. The van der Waals surface area contributed by atoms with Crippen molar-refractivity contribution in [1.82, 2.24) is 15.5 Å².